The number of aryl methyl sites for hydroxylation is 1. The van der Waals surface area contributed by atoms with Crippen molar-refractivity contribution in [1.82, 2.24) is 9.62 Å². The molecule has 28 heavy (non-hydrogen) atoms. The van der Waals surface area contributed by atoms with Gasteiger partial charge in [-0.05, 0) is 56.0 Å². The first kappa shape index (κ1) is 20.4. The summed E-state index contributed by atoms with van der Waals surface area (Å²) in [4.78, 5) is 12.4. The Morgan fingerprint density at radius 3 is 2.46 bits per heavy atom. The van der Waals surface area contributed by atoms with Crippen molar-refractivity contribution in [2.24, 2.45) is 0 Å². The first-order valence-electron chi connectivity index (χ1n) is 9.46. The van der Waals surface area contributed by atoms with E-state index in [1.54, 1.807) is 25.1 Å². The van der Waals surface area contributed by atoms with E-state index in [9.17, 15) is 13.2 Å². The highest BCUT2D eigenvalue weighted by Crippen LogP contribution is 2.26. The minimum atomic E-state index is -3.46. The van der Waals surface area contributed by atoms with Crippen molar-refractivity contribution in [2.75, 3.05) is 19.7 Å². The maximum absolute atomic E-state index is 12.6. The number of carbonyl (C=O) groups is 1. The van der Waals surface area contributed by atoms with Gasteiger partial charge in [-0.15, -0.1) is 0 Å². The standard InChI is InChI=1S/C21H26N2O4S/c1-16-14-19(28(25,26)23-12-6-7-13-23)10-11-20(16)27-15-21(24)22-17(2)18-8-4-3-5-9-18/h3-5,8-11,14,17H,6-7,12-13,15H2,1-2H3,(H,22,24)/t17-/m1/s1. The Morgan fingerprint density at radius 1 is 1.14 bits per heavy atom. The van der Waals surface area contributed by atoms with Gasteiger partial charge in [-0.3, -0.25) is 4.79 Å². The van der Waals surface area contributed by atoms with Gasteiger partial charge in [-0.25, -0.2) is 8.42 Å². The SMILES string of the molecule is Cc1cc(S(=O)(=O)N2CCCC2)ccc1OCC(=O)N[C@H](C)c1ccccc1. The van der Waals surface area contributed by atoms with Crippen LogP contribution in [0.4, 0.5) is 0 Å². The number of ether oxygens (including phenoxy) is 1. The van der Waals surface area contributed by atoms with Gasteiger partial charge in [-0.2, -0.15) is 4.31 Å². The molecule has 0 aromatic heterocycles. The molecular weight excluding hydrogens is 376 g/mol. The Bertz CT molecular complexity index is 923. The first-order chi connectivity index (χ1) is 13.4. The first-order valence-corrected chi connectivity index (χ1v) is 10.9. The lowest BCUT2D eigenvalue weighted by atomic mass is 10.1. The van der Waals surface area contributed by atoms with Crippen LogP contribution < -0.4 is 10.1 Å². The van der Waals surface area contributed by atoms with Gasteiger partial charge in [0, 0.05) is 13.1 Å². The van der Waals surface area contributed by atoms with Gasteiger partial charge in [0.1, 0.15) is 5.75 Å². The minimum absolute atomic E-state index is 0.119. The maximum Gasteiger partial charge on any atom is 0.258 e. The molecule has 1 N–H and O–H groups in total. The van der Waals surface area contributed by atoms with E-state index in [4.69, 9.17) is 4.74 Å². The summed E-state index contributed by atoms with van der Waals surface area (Å²) in [6.07, 6.45) is 1.80. The molecule has 150 valence electrons. The zero-order valence-corrected chi connectivity index (χ0v) is 17.0. The maximum atomic E-state index is 12.6. The molecule has 1 heterocycles. The summed E-state index contributed by atoms with van der Waals surface area (Å²) < 4.78 is 32.4. The lowest BCUT2D eigenvalue weighted by Crippen LogP contribution is -2.31. The Morgan fingerprint density at radius 2 is 1.82 bits per heavy atom. The lowest BCUT2D eigenvalue weighted by Gasteiger charge is -2.17. The van der Waals surface area contributed by atoms with Crippen LogP contribution in [0.15, 0.2) is 53.4 Å². The van der Waals surface area contributed by atoms with Crippen molar-refractivity contribution in [3.05, 3.63) is 59.7 Å². The van der Waals surface area contributed by atoms with Gasteiger partial charge < -0.3 is 10.1 Å². The van der Waals surface area contributed by atoms with Crippen LogP contribution in [-0.2, 0) is 14.8 Å². The zero-order chi connectivity index (χ0) is 20.1. The third kappa shape index (κ3) is 4.72. The Balaban J connectivity index is 1.60. The molecule has 0 spiro atoms. The van der Waals surface area contributed by atoms with Gasteiger partial charge in [0.15, 0.2) is 6.61 Å². The number of rotatable bonds is 7. The molecule has 0 bridgehead atoms. The molecule has 1 amide bonds. The number of amides is 1. The van der Waals surface area contributed by atoms with Crippen molar-refractivity contribution in [1.29, 1.82) is 0 Å². The van der Waals surface area contributed by atoms with Crippen molar-refractivity contribution in [2.45, 2.75) is 37.6 Å². The van der Waals surface area contributed by atoms with E-state index >= 15 is 0 Å². The van der Waals surface area contributed by atoms with Gasteiger partial charge in [0.2, 0.25) is 10.0 Å². The van der Waals surface area contributed by atoms with Crippen molar-refractivity contribution < 1.29 is 17.9 Å². The normalized spacial score (nSPS) is 15.9. The molecule has 0 radical (unpaired) electrons. The molecule has 1 atom stereocenters. The second-order valence-corrected chi connectivity index (χ2v) is 8.96. The van der Waals surface area contributed by atoms with Gasteiger partial charge in [-0.1, -0.05) is 30.3 Å². The largest absolute Gasteiger partial charge is 0.484 e. The van der Waals surface area contributed by atoms with E-state index in [0.29, 0.717) is 24.4 Å². The molecule has 1 fully saturated rings. The number of benzene rings is 2. The summed E-state index contributed by atoms with van der Waals surface area (Å²) in [5.74, 6) is 0.271. The fourth-order valence-corrected chi connectivity index (χ4v) is 4.88. The van der Waals surface area contributed by atoms with E-state index in [1.165, 1.54) is 4.31 Å². The van der Waals surface area contributed by atoms with Crippen molar-refractivity contribution in [3.63, 3.8) is 0 Å². The van der Waals surface area contributed by atoms with Crippen molar-refractivity contribution in [3.8, 4) is 5.75 Å². The quantitative estimate of drug-likeness (QED) is 0.772. The van der Waals surface area contributed by atoms with Crippen LogP contribution in [0.25, 0.3) is 0 Å². The van der Waals surface area contributed by atoms with E-state index in [0.717, 1.165) is 18.4 Å². The van der Waals surface area contributed by atoms with E-state index < -0.39 is 10.0 Å². The van der Waals surface area contributed by atoms with Crippen LogP contribution >= 0.6 is 0 Å². The molecule has 1 aliphatic rings. The third-order valence-corrected chi connectivity index (χ3v) is 6.78. The number of carbonyl (C=O) groups excluding carboxylic acids is 1. The Hall–Kier alpha value is -2.38. The molecule has 1 aliphatic heterocycles. The molecule has 2 aromatic carbocycles. The van der Waals surface area contributed by atoms with Crippen LogP contribution in [0.1, 0.15) is 36.9 Å². The van der Waals surface area contributed by atoms with E-state index in [1.807, 2.05) is 37.3 Å². The van der Waals surface area contributed by atoms with Gasteiger partial charge >= 0.3 is 0 Å². The van der Waals surface area contributed by atoms with Crippen LogP contribution in [-0.4, -0.2) is 38.3 Å². The number of sulfonamides is 1. The highest BCUT2D eigenvalue weighted by molar-refractivity contribution is 7.89. The van der Waals surface area contributed by atoms with Crippen LogP contribution in [0, 0.1) is 6.92 Å². The second kappa shape index (κ2) is 8.75. The summed E-state index contributed by atoms with van der Waals surface area (Å²) in [7, 11) is -3.46. The molecule has 6 nitrogen and oxygen atoms in total. The average Bonchev–Trinajstić information content (AvgIpc) is 3.23. The fourth-order valence-electron chi connectivity index (χ4n) is 3.27. The third-order valence-electron chi connectivity index (χ3n) is 4.89. The minimum Gasteiger partial charge on any atom is -0.484 e. The highest BCUT2D eigenvalue weighted by Gasteiger charge is 2.27. The number of hydrogen-bond acceptors (Lipinski definition) is 4. The van der Waals surface area contributed by atoms with Crippen LogP contribution in [0.5, 0.6) is 5.75 Å². The summed E-state index contributed by atoms with van der Waals surface area (Å²) in [5, 5.41) is 2.89. The zero-order valence-electron chi connectivity index (χ0n) is 16.2. The highest BCUT2D eigenvalue weighted by atomic mass is 32.2. The molecule has 7 heteroatoms. The average molecular weight is 403 g/mol. The van der Waals surface area contributed by atoms with Gasteiger partial charge in [0.25, 0.3) is 5.91 Å². The summed E-state index contributed by atoms with van der Waals surface area (Å²) in [6, 6.07) is 14.3. The smallest absolute Gasteiger partial charge is 0.258 e. The molecule has 3 rings (SSSR count). The number of hydrogen-bond donors (Lipinski definition) is 1. The molecule has 2 aromatic rings. The van der Waals surface area contributed by atoms with Crippen LogP contribution in [0.3, 0.4) is 0 Å². The molecule has 1 saturated heterocycles. The van der Waals surface area contributed by atoms with E-state index in [-0.39, 0.29) is 23.5 Å². The topological polar surface area (TPSA) is 75.7 Å². The number of nitrogens with zero attached hydrogens (tertiary/aromatic N) is 1. The Kier molecular flexibility index (Phi) is 6.36. The van der Waals surface area contributed by atoms with Crippen LogP contribution in [0.2, 0.25) is 0 Å². The summed E-state index contributed by atoms with van der Waals surface area (Å²) in [6.45, 7) is 4.70. The van der Waals surface area contributed by atoms with E-state index in [2.05, 4.69) is 5.32 Å². The predicted molar refractivity (Wildman–Crippen MR) is 108 cm³/mol. The Labute approximate surface area is 166 Å². The van der Waals surface area contributed by atoms with Crippen molar-refractivity contribution >= 4 is 15.9 Å². The van der Waals surface area contributed by atoms with Gasteiger partial charge in [0.05, 0.1) is 10.9 Å². The second-order valence-electron chi connectivity index (χ2n) is 7.03. The molecule has 0 aliphatic carbocycles. The lowest BCUT2D eigenvalue weighted by molar-refractivity contribution is -0.123. The summed E-state index contributed by atoms with van der Waals surface area (Å²) in [5.41, 5.74) is 1.70. The summed E-state index contributed by atoms with van der Waals surface area (Å²) >= 11 is 0. The monoisotopic (exact) mass is 402 g/mol. The molecule has 0 unspecified atom stereocenters. The fraction of sp³-hybridized carbons (Fsp3) is 0.381. The predicted octanol–water partition coefficient (Wildman–Crippen LogP) is 3.04. The molecular formula is C21H26N2O4S. The number of nitrogens with one attached hydrogen (secondary N) is 1. The molecule has 0 saturated carbocycles.